The molecule has 1 saturated carbocycles. The van der Waals surface area contributed by atoms with Gasteiger partial charge in [0.15, 0.2) is 17.3 Å². The minimum absolute atomic E-state index is 0.0365. The quantitative estimate of drug-likeness (QED) is 0.381. The molecular formula is C25H28N6O4. The van der Waals surface area contributed by atoms with Crippen LogP contribution in [0.15, 0.2) is 36.9 Å². The third-order valence-corrected chi connectivity index (χ3v) is 6.80. The summed E-state index contributed by atoms with van der Waals surface area (Å²) >= 11 is 0. The lowest BCUT2D eigenvalue weighted by molar-refractivity contribution is -0.121. The lowest BCUT2D eigenvalue weighted by Gasteiger charge is -2.27. The summed E-state index contributed by atoms with van der Waals surface area (Å²) in [7, 11) is 0. The summed E-state index contributed by atoms with van der Waals surface area (Å²) in [5, 5.41) is 23.0. The van der Waals surface area contributed by atoms with Crippen molar-refractivity contribution in [3.05, 3.63) is 53.7 Å². The van der Waals surface area contributed by atoms with Crippen molar-refractivity contribution >= 4 is 28.5 Å². The number of anilines is 1. The highest BCUT2D eigenvalue weighted by atomic mass is 16.5. The number of benzene rings is 1. The number of allylic oxidation sites excluding steroid dienone is 1. The van der Waals surface area contributed by atoms with Gasteiger partial charge in [0.2, 0.25) is 0 Å². The Morgan fingerprint density at radius 2 is 2.06 bits per heavy atom. The van der Waals surface area contributed by atoms with Crippen LogP contribution in [-0.2, 0) is 17.8 Å². The van der Waals surface area contributed by atoms with Gasteiger partial charge in [0, 0.05) is 31.0 Å². The number of ketones is 1. The Morgan fingerprint density at radius 1 is 1.23 bits per heavy atom. The maximum absolute atomic E-state index is 12.9. The van der Waals surface area contributed by atoms with E-state index in [4.69, 9.17) is 4.74 Å². The number of Topliss-reactive ketones (excluding diaryl/α,β-unsaturated/α-hetero) is 1. The maximum Gasteiger partial charge on any atom is 0.272 e. The fourth-order valence-corrected chi connectivity index (χ4v) is 4.78. The number of carbonyl (C=O) groups is 2. The van der Waals surface area contributed by atoms with E-state index in [9.17, 15) is 14.7 Å². The first-order chi connectivity index (χ1) is 17.0. The van der Waals surface area contributed by atoms with Gasteiger partial charge in [-0.05, 0) is 49.3 Å². The van der Waals surface area contributed by atoms with Crippen LogP contribution in [0.4, 0.5) is 5.82 Å². The van der Waals surface area contributed by atoms with Gasteiger partial charge in [-0.3, -0.25) is 14.7 Å². The normalized spacial score (nSPS) is 19.6. The van der Waals surface area contributed by atoms with Crippen molar-refractivity contribution in [2.75, 3.05) is 18.5 Å². The smallest absolute Gasteiger partial charge is 0.272 e. The number of aromatic amines is 1. The SMILES string of the molecule is C=C(O)C1CCC(CNc2n[nH]c3c(C(=O)NCc4ccc5c(c4)CC(=O)CO5)ncnc23)CC1. The van der Waals surface area contributed by atoms with Gasteiger partial charge in [0.25, 0.3) is 5.91 Å². The number of rotatable bonds is 7. The monoisotopic (exact) mass is 476 g/mol. The number of ether oxygens (including phenoxy) is 1. The number of H-pyrrole nitrogens is 1. The van der Waals surface area contributed by atoms with Crippen molar-refractivity contribution in [3.63, 3.8) is 0 Å². The molecule has 1 aliphatic carbocycles. The van der Waals surface area contributed by atoms with Crippen LogP contribution in [0.1, 0.15) is 47.3 Å². The van der Waals surface area contributed by atoms with Crippen LogP contribution in [0.5, 0.6) is 5.75 Å². The van der Waals surface area contributed by atoms with Crippen molar-refractivity contribution in [2.45, 2.75) is 38.6 Å². The molecular weight excluding hydrogens is 448 g/mol. The summed E-state index contributed by atoms with van der Waals surface area (Å²) in [6, 6.07) is 5.57. The summed E-state index contributed by atoms with van der Waals surface area (Å²) in [5.41, 5.74) is 2.95. The average molecular weight is 477 g/mol. The number of nitrogens with one attached hydrogen (secondary N) is 3. The first-order valence-electron chi connectivity index (χ1n) is 11.8. The van der Waals surface area contributed by atoms with Gasteiger partial charge in [-0.1, -0.05) is 12.6 Å². The highest BCUT2D eigenvalue weighted by molar-refractivity contribution is 6.04. The molecule has 35 heavy (non-hydrogen) atoms. The van der Waals surface area contributed by atoms with Crippen molar-refractivity contribution in [3.8, 4) is 5.75 Å². The fraction of sp³-hybridized carbons (Fsp3) is 0.400. The van der Waals surface area contributed by atoms with Crippen molar-refractivity contribution in [1.82, 2.24) is 25.5 Å². The molecule has 182 valence electrons. The van der Waals surface area contributed by atoms with Crippen molar-refractivity contribution in [2.24, 2.45) is 11.8 Å². The Morgan fingerprint density at radius 3 is 2.86 bits per heavy atom. The molecule has 0 unspecified atom stereocenters. The van der Waals surface area contributed by atoms with Gasteiger partial charge in [0.05, 0.1) is 5.76 Å². The number of aliphatic hydroxyl groups excluding tert-OH is 1. The summed E-state index contributed by atoms with van der Waals surface area (Å²) in [6.45, 7) is 4.79. The molecule has 0 bridgehead atoms. The predicted octanol–water partition coefficient (Wildman–Crippen LogP) is 3.08. The van der Waals surface area contributed by atoms with Crippen LogP contribution < -0.4 is 15.4 Å². The zero-order chi connectivity index (χ0) is 24.4. The van der Waals surface area contributed by atoms with Gasteiger partial charge in [-0.2, -0.15) is 5.10 Å². The van der Waals surface area contributed by atoms with Crippen LogP contribution in [0, 0.1) is 11.8 Å². The third-order valence-electron chi connectivity index (χ3n) is 6.80. The summed E-state index contributed by atoms with van der Waals surface area (Å²) in [5.74, 6) is 1.94. The lowest BCUT2D eigenvalue weighted by atomic mass is 9.81. The van der Waals surface area contributed by atoms with E-state index in [0.717, 1.165) is 43.4 Å². The van der Waals surface area contributed by atoms with E-state index in [2.05, 4.69) is 37.4 Å². The molecule has 2 aromatic heterocycles. The van der Waals surface area contributed by atoms with E-state index in [1.807, 2.05) is 18.2 Å². The number of hydrogen-bond acceptors (Lipinski definition) is 8. The predicted molar refractivity (Wildman–Crippen MR) is 129 cm³/mol. The van der Waals surface area contributed by atoms with E-state index < -0.39 is 0 Å². The molecule has 1 aromatic carbocycles. The van der Waals surface area contributed by atoms with Gasteiger partial charge in [-0.25, -0.2) is 9.97 Å². The molecule has 10 heteroatoms. The molecule has 3 heterocycles. The summed E-state index contributed by atoms with van der Waals surface area (Å²) in [4.78, 5) is 33.0. The Hall–Kier alpha value is -3.95. The fourth-order valence-electron chi connectivity index (χ4n) is 4.78. The number of amides is 1. The van der Waals surface area contributed by atoms with Crippen molar-refractivity contribution < 1.29 is 19.4 Å². The van der Waals surface area contributed by atoms with Gasteiger partial charge in [-0.15, -0.1) is 0 Å². The zero-order valence-corrected chi connectivity index (χ0v) is 19.3. The maximum atomic E-state index is 12.9. The second-order valence-corrected chi connectivity index (χ2v) is 9.24. The largest absolute Gasteiger partial charge is 0.513 e. The van der Waals surface area contributed by atoms with E-state index >= 15 is 0 Å². The first kappa shape index (κ1) is 22.8. The zero-order valence-electron chi connectivity index (χ0n) is 19.3. The third kappa shape index (κ3) is 4.96. The molecule has 1 aliphatic heterocycles. The standard InChI is InChI=1S/C25H28N6O4/c1-14(32)17-5-2-15(3-6-17)10-26-24-22-21(30-31-24)23(29-13-28-22)25(34)27-11-16-4-7-20-18(8-16)9-19(33)12-35-20/h4,7-8,13,15,17,32H,1-3,5-6,9-12H2,(H,27,34)(H2,26,30,31). The molecule has 1 fully saturated rings. The molecule has 0 atom stereocenters. The molecule has 0 radical (unpaired) electrons. The second kappa shape index (κ2) is 9.73. The molecule has 2 aliphatic rings. The van der Waals surface area contributed by atoms with E-state index in [1.54, 1.807) is 0 Å². The molecule has 10 nitrogen and oxygen atoms in total. The number of aliphatic hydroxyl groups is 1. The molecule has 1 amide bonds. The minimum Gasteiger partial charge on any atom is -0.513 e. The number of carbonyl (C=O) groups excluding carboxylic acids is 2. The number of nitrogens with zero attached hydrogens (tertiary/aromatic N) is 3. The van der Waals surface area contributed by atoms with Crippen LogP contribution in [0.2, 0.25) is 0 Å². The minimum atomic E-state index is -0.347. The first-order valence-corrected chi connectivity index (χ1v) is 11.8. The van der Waals surface area contributed by atoms with Crippen LogP contribution in [0.3, 0.4) is 0 Å². The Balaban J connectivity index is 1.22. The Labute approximate surface area is 202 Å². The molecule has 5 rings (SSSR count). The lowest BCUT2D eigenvalue weighted by Crippen LogP contribution is -2.25. The highest BCUT2D eigenvalue weighted by Crippen LogP contribution is 2.32. The van der Waals surface area contributed by atoms with Gasteiger partial charge >= 0.3 is 0 Å². The number of fused-ring (bicyclic) bond motifs is 2. The van der Waals surface area contributed by atoms with E-state index in [0.29, 0.717) is 34.9 Å². The topological polar surface area (TPSA) is 142 Å². The van der Waals surface area contributed by atoms with E-state index in [-0.39, 0.29) is 42.2 Å². The van der Waals surface area contributed by atoms with Crippen LogP contribution in [0.25, 0.3) is 11.0 Å². The van der Waals surface area contributed by atoms with Crippen LogP contribution in [-0.4, -0.2) is 50.1 Å². The Bertz CT molecular complexity index is 1280. The number of aromatic nitrogens is 4. The summed E-state index contributed by atoms with van der Waals surface area (Å²) in [6.07, 6.45) is 5.58. The van der Waals surface area contributed by atoms with Crippen molar-refractivity contribution in [1.29, 1.82) is 0 Å². The molecule has 4 N–H and O–H groups in total. The van der Waals surface area contributed by atoms with Gasteiger partial charge in [0.1, 0.15) is 29.7 Å². The molecule has 3 aromatic rings. The Kier molecular flexibility index (Phi) is 6.35. The highest BCUT2D eigenvalue weighted by Gasteiger charge is 2.24. The molecule has 0 spiro atoms. The van der Waals surface area contributed by atoms with Gasteiger partial charge < -0.3 is 20.5 Å². The average Bonchev–Trinajstić information content (AvgIpc) is 3.29. The molecule has 0 saturated heterocycles. The van der Waals surface area contributed by atoms with E-state index in [1.165, 1.54) is 6.33 Å². The van der Waals surface area contributed by atoms with Crippen LogP contribution >= 0.6 is 0 Å². The summed E-state index contributed by atoms with van der Waals surface area (Å²) < 4.78 is 5.42. The number of hydrogen-bond donors (Lipinski definition) is 4. The second-order valence-electron chi connectivity index (χ2n) is 9.24.